The number of carboxylic acid groups (broad SMARTS) is 2. The predicted molar refractivity (Wildman–Crippen MR) is 110 cm³/mol. The first-order chi connectivity index (χ1) is 14.4. The molecule has 9 N–H and O–H groups in total. The van der Waals surface area contributed by atoms with Crippen LogP contribution >= 0.6 is 11.8 Å². The van der Waals surface area contributed by atoms with Gasteiger partial charge in [-0.15, -0.1) is 0 Å². The molecule has 0 bridgehead atoms. The van der Waals surface area contributed by atoms with Crippen LogP contribution in [0.4, 0.5) is 0 Å². The van der Waals surface area contributed by atoms with Crippen LogP contribution in [0, 0.1) is 0 Å². The molecule has 0 aliphatic rings. The third kappa shape index (κ3) is 11.0. The third-order valence-electron chi connectivity index (χ3n) is 4.14. The summed E-state index contributed by atoms with van der Waals surface area (Å²) in [5, 5.41) is 43.3. The quantitative estimate of drug-likeness (QED) is 0.120. The number of nitrogens with two attached hydrogens (primary N) is 1. The standard InChI is InChI=1S/C17H30N4O9S/c1-8(23)13(18)16(28)19-9(5-6-31-2)14(26)21-11(7-22)15(27)20-10(17(29)30)3-4-12(24)25/h8-11,13,22-23H,3-7,18H2,1-2H3,(H,19,28)(H,20,27)(H,21,26)(H,24,25)(H,29,30). The minimum absolute atomic E-state index is 0.154. The van der Waals surface area contributed by atoms with Crippen molar-refractivity contribution < 1.29 is 44.4 Å². The minimum Gasteiger partial charge on any atom is -0.481 e. The fourth-order valence-electron chi connectivity index (χ4n) is 2.26. The van der Waals surface area contributed by atoms with E-state index in [1.165, 1.54) is 18.7 Å². The first-order valence-corrected chi connectivity index (χ1v) is 10.7. The van der Waals surface area contributed by atoms with Gasteiger partial charge in [0.25, 0.3) is 0 Å². The summed E-state index contributed by atoms with van der Waals surface area (Å²) in [6, 6.07) is -5.50. The largest absolute Gasteiger partial charge is 0.481 e. The zero-order valence-electron chi connectivity index (χ0n) is 17.2. The normalized spacial score (nSPS) is 15.6. The molecule has 5 atom stereocenters. The van der Waals surface area contributed by atoms with Crippen molar-refractivity contribution in [3.05, 3.63) is 0 Å². The van der Waals surface area contributed by atoms with Gasteiger partial charge >= 0.3 is 11.9 Å². The van der Waals surface area contributed by atoms with E-state index in [-0.39, 0.29) is 6.42 Å². The van der Waals surface area contributed by atoms with Crippen molar-refractivity contribution in [2.45, 2.75) is 56.5 Å². The van der Waals surface area contributed by atoms with Crippen LogP contribution in [-0.4, -0.2) is 99.0 Å². The maximum atomic E-state index is 12.6. The highest BCUT2D eigenvalue weighted by Crippen LogP contribution is 2.04. The summed E-state index contributed by atoms with van der Waals surface area (Å²) in [6.07, 6.45) is -0.155. The summed E-state index contributed by atoms with van der Waals surface area (Å²) in [5.41, 5.74) is 5.55. The van der Waals surface area contributed by atoms with Gasteiger partial charge in [0.2, 0.25) is 17.7 Å². The molecule has 0 rings (SSSR count). The number of hydrogen-bond donors (Lipinski definition) is 8. The lowest BCUT2D eigenvalue weighted by Gasteiger charge is -2.24. The van der Waals surface area contributed by atoms with Crippen LogP contribution in [0.15, 0.2) is 0 Å². The molecule has 0 aliphatic heterocycles. The zero-order valence-corrected chi connectivity index (χ0v) is 18.1. The number of hydrogen-bond acceptors (Lipinski definition) is 9. The van der Waals surface area contributed by atoms with Gasteiger partial charge in [-0.2, -0.15) is 11.8 Å². The number of carbonyl (C=O) groups is 5. The molecule has 5 unspecified atom stereocenters. The van der Waals surface area contributed by atoms with Gasteiger partial charge in [-0.05, 0) is 31.8 Å². The Balaban J connectivity index is 5.19. The molecule has 14 heteroatoms. The third-order valence-corrected chi connectivity index (χ3v) is 4.79. The molecule has 0 spiro atoms. The number of carbonyl (C=O) groups excluding carboxylic acids is 3. The van der Waals surface area contributed by atoms with Crippen LogP contribution in [-0.2, 0) is 24.0 Å². The summed E-state index contributed by atoms with van der Waals surface area (Å²) in [5.74, 6) is -4.93. The molecule has 13 nitrogen and oxygen atoms in total. The molecular weight excluding hydrogens is 436 g/mol. The van der Waals surface area contributed by atoms with Crippen LogP contribution in [0.3, 0.4) is 0 Å². The summed E-state index contributed by atoms with van der Waals surface area (Å²) < 4.78 is 0. The van der Waals surface area contributed by atoms with Gasteiger partial charge < -0.3 is 42.1 Å². The fraction of sp³-hybridized carbons (Fsp3) is 0.706. The van der Waals surface area contributed by atoms with Gasteiger partial charge in [0.15, 0.2) is 0 Å². The molecular formula is C17H30N4O9S. The van der Waals surface area contributed by atoms with E-state index in [2.05, 4.69) is 16.0 Å². The lowest BCUT2D eigenvalue weighted by molar-refractivity contribution is -0.143. The van der Waals surface area contributed by atoms with E-state index in [1.807, 2.05) is 0 Å². The second kappa shape index (κ2) is 14.6. The van der Waals surface area contributed by atoms with E-state index < -0.39 is 79.4 Å². The van der Waals surface area contributed by atoms with Gasteiger partial charge in [0, 0.05) is 6.42 Å². The van der Waals surface area contributed by atoms with Crippen LogP contribution in [0.5, 0.6) is 0 Å². The van der Waals surface area contributed by atoms with Gasteiger partial charge in [-0.3, -0.25) is 19.2 Å². The average molecular weight is 467 g/mol. The molecule has 0 aromatic rings. The van der Waals surface area contributed by atoms with E-state index in [0.717, 1.165) is 0 Å². The Labute approximate surface area is 183 Å². The molecule has 0 heterocycles. The molecule has 3 amide bonds. The molecule has 178 valence electrons. The summed E-state index contributed by atoms with van der Waals surface area (Å²) in [4.78, 5) is 58.8. The lowest BCUT2D eigenvalue weighted by Crippen LogP contribution is -2.59. The Kier molecular flexibility index (Phi) is 13.4. The highest BCUT2D eigenvalue weighted by Gasteiger charge is 2.30. The van der Waals surface area contributed by atoms with Gasteiger partial charge in [-0.25, -0.2) is 4.79 Å². The Morgan fingerprint density at radius 1 is 0.903 bits per heavy atom. The summed E-state index contributed by atoms with van der Waals surface area (Å²) in [6.45, 7) is 0.426. The lowest BCUT2D eigenvalue weighted by atomic mass is 10.1. The minimum atomic E-state index is -1.54. The highest BCUT2D eigenvalue weighted by atomic mass is 32.2. The maximum absolute atomic E-state index is 12.6. The molecule has 0 saturated heterocycles. The summed E-state index contributed by atoms with van der Waals surface area (Å²) >= 11 is 1.39. The molecule has 0 fully saturated rings. The Bertz CT molecular complexity index is 647. The molecule has 0 aliphatic carbocycles. The van der Waals surface area contributed by atoms with Crippen molar-refractivity contribution in [3.63, 3.8) is 0 Å². The number of thioether (sulfide) groups is 1. The first-order valence-electron chi connectivity index (χ1n) is 9.33. The zero-order chi connectivity index (χ0) is 24.1. The number of amides is 3. The maximum Gasteiger partial charge on any atom is 0.326 e. The van der Waals surface area contributed by atoms with Crippen molar-refractivity contribution >= 4 is 41.4 Å². The molecule has 31 heavy (non-hydrogen) atoms. The molecule has 0 aromatic carbocycles. The smallest absolute Gasteiger partial charge is 0.326 e. The topological polar surface area (TPSA) is 228 Å². The number of aliphatic carboxylic acids is 2. The Morgan fingerprint density at radius 2 is 1.42 bits per heavy atom. The van der Waals surface area contributed by atoms with Crippen molar-refractivity contribution in [2.75, 3.05) is 18.6 Å². The van der Waals surface area contributed by atoms with Crippen molar-refractivity contribution in [2.24, 2.45) is 5.73 Å². The summed E-state index contributed by atoms with van der Waals surface area (Å²) in [7, 11) is 0. The number of aliphatic hydroxyl groups is 2. The van der Waals surface area contributed by atoms with Crippen LogP contribution in [0.25, 0.3) is 0 Å². The predicted octanol–water partition coefficient (Wildman–Crippen LogP) is -3.16. The number of rotatable bonds is 15. The molecule has 0 saturated carbocycles. The Hall–Kier alpha value is -2.42. The van der Waals surface area contributed by atoms with Gasteiger partial charge in [0.05, 0.1) is 12.7 Å². The highest BCUT2D eigenvalue weighted by molar-refractivity contribution is 7.98. The fourth-order valence-corrected chi connectivity index (χ4v) is 2.73. The second-order valence-corrected chi connectivity index (χ2v) is 7.67. The second-order valence-electron chi connectivity index (χ2n) is 6.68. The molecule has 0 radical (unpaired) electrons. The average Bonchev–Trinajstić information content (AvgIpc) is 2.70. The Morgan fingerprint density at radius 3 is 1.87 bits per heavy atom. The van der Waals surface area contributed by atoms with Crippen molar-refractivity contribution in [1.82, 2.24) is 16.0 Å². The van der Waals surface area contributed by atoms with Gasteiger partial charge in [0.1, 0.15) is 24.2 Å². The molecule has 0 aromatic heterocycles. The van der Waals surface area contributed by atoms with E-state index in [4.69, 9.17) is 15.9 Å². The van der Waals surface area contributed by atoms with Crippen LogP contribution in [0.1, 0.15) is 26.2 Å². The van der Waals surface area contributed by atoms with Gasteiger partial charge in [-0.1, -0.05) is 0 Å². The number of aliphatic hydroxyl groups excluding tert-OH is 2. The van der Waals surface area contributed by atoms with E-state index in [1.54, 1.807) is 6.26 Å². The van der Waals surface area contributed by atoms with Crippen molar-refractivity contribution in [3.8, 4) is 0 Å². The number of nitrogens with one attached hydrogen (secondary N) is 3. The van der Waals surface area contributed by atoms with E-state index in [0.29, 0.717) is 5.75 Å². The van der Waals surface area contributed by atoms with E-state index in [9.17, 15) is 34.2 Å². The monoisotopic (exact) mass is 466 g/mol. The van der Waals surface area contributed by atoms with E-state index >= 15 is 0 Å². The van der Waals surface area contributed by atoms with Crippen LogP contribution < -0.4 is 21.7 Å². The number of carboxylic acids is 2. The van der Waals surface area contributed by atoms with Crippen molar-refractivity contribution in [1.29, 1.82) is 0 Å². The first kappa shape index (κ1) is 28.6. The SMILES string of the molecule is CSCCC(NC(=O)C(N)C(C)O)C(=O)NC(CO)C(=O)NC(CCC(=O)O)C(=O)O. The van der Waals surface area contributed by atoms with Crippen LogP contribution in [0.2, 0.25) is 0 Å².